The summed E-state index contributed by atoms with van der Waals surface area (Å²) in [6.45, 7) is 1.93. The highest BCUT2D eigenvalue weighted by Gasteiger charge is 2.21. The van der Waals surface area contributed by atoms with E-state index in [4.69, 9.17) is 15.8 Å². The van der Waals surface area contributed by atoms with Crippen LogP contribution in [0.2, 0.25) is 0 Å². The Hall–Kier alpha value is -5.64. The van der Waals surface area contributed by atoms with Crippen LogP contribution >= 0.6 is 0 Å². The minimum atomic E-state index is -0.633. The number of phenolic OH excluding ortho intramolecular Hbond substituents is 1. The molecule has 7 rings (SSSR count). The second-order valence-electron chi connectivity index (χ2n) is 9.80. The summed E-state index contributed by atoms with van der Waals surface area (Å²) >= 11 is 0. The van der Waals surface area contributed by atoms with Gasteiger partial charge < -0.3 is 10.8 Å². The van der Waals surface area contributed by atoms with Crippen molar-refractivity contribution >= 4 is 38.5 Å². The molecule has 0 spiro atoms. The monoisotopic (exact) mass is 543 g/mol. The molecule has 10 heteroatoms. The van der Waals surface area contributed by atoms with Gasteiger partial charge in [-0.05, 0) is 59.7 Å². The molecule has 0 saturated heterocycles. The summed E-state index contributed by atoms with van der Waals surface area (Å²) in [5, 5.41) is 17.0. The van der Waals surface area contributed by atoms with Crippen molar-refractivity contribution in [3.8, 4) is 22.7 Å². The molecular formula is C31H22FN7O2. The van der Waals surface area contributed by atoms with Crippen molar-refractivity contribution < 1.29 is 9.50 Å². The third-order valence-corrected chi connectivity index (χ3v) is 7.22. The van der Waals surface area contributed by atoms with E-state index in [0.29, 0.717) is 28.2 Å². The lowest BCUT2D eigenvalue weighted by atomic mass is 10.0. The van der Waals surface area contributed by atoms with Gasteiger partial charge in [-0.25, -0.2) is 24.0 Å². The Bertz CT molecular complexity index is 2220. The largest absolute Gasteiger partial charge is 0.508 e. The van der Waals surface area contributed by atoms with Crippen molar-refractivity contribution in [2.24, 2.45) is 0 Å². The van der Waals surface area contributed by atoms with E-state index in [-0.39, 0.29) is 29.0 Å². The van der Waals surface area contributed by atoms with Gasteiger partial charge in [0.2, 0.25) is 0 Å². The number of aromatic nitrogens is 6. The van der Waals surface area contributed by atoms with Crippen molar-refractivity contribution in [1.29, 1.82) is 0 Å². The van der Waals surface area contributed by atoms with Crippen LogP contribution in [0.1, 0.15) is 11.4 Å². The van der Waals surface area contributed by atoms with Gasteiger partial charge in [0.25, 0.3) is 5.56 Å². The van der Waals surface area contributed by atoms with E-state index < -0.39 is 11.4 Å². The number of benzene rings is 4. The molecule has 0 radical (unpaired) electrons. The van der Waals surface area contributed by atoms with Gasteiger partial charge >= 0.3 is 0 Å². The number of para-hydroxylation sites is 1. The third kappa shape index (κ3) is 3.96. The van der Waals surface area contributed by atoms with Gasteiger partial charge in [-0.3, -0.25) is 9.36 Å². The molecule has 0 amide bonds. The van der Waals surface area contributed by atoms with E-state index >= 15 is 0 Å². The number of aromatic hydroxyl groups is 1. The van der Waals surface area contributed by atoms with Crippen LogP contribution in [0.3, 0.4) is 0 Å². The SMILES string of the molecule is Cc1ccccc1-n1c(Cn2nc(-c3ccc4cc(O)ccc4c3)c3c(N)ncnc32)nc2cccc(F)c2c1=O. The number of anilines is 1. The molecule has 0 aliphatic rings. The van der Waals surface area contributed by atoms with Crippen LogP contribution < -0.4 is 11.3 Å². The van der Waals surface area contributed by atoms with Crippen LogP contribution in [-0.2, 0) is 6.54 Å². The van der Waals surface area contributed by atoms with Crippen LogP contribution in [0, 0.1) is 12.7 Å². The average Bonchev–Trinajstić information content (AvgIpc) is 3.33. The summed E-state index contributed by atoms with van der Waals surface area (Å²) in [5.74, 6) is 0.155. The molecule has 0 aliphatic carbocycles. The maximum Gasteiger partial charge on any atom is 0.269 e. The molecule has 4 aromatic carbocycles. The highest BCUT2D eigenvalue weighted by atomic mass is 19.1. The van der Waals surface area contributed by atoms with Gasteiger partial charge in [0.15, 0.2) is 5.65 Å². The lowest BCUT2D eigenvalue weighted by Crippen LogP contribution is -2.27. The number of rotatable bonds is 4. The van der Waals surface area contributed by atoms with Crippen molar-refractivity contribution in [3.05, 3.63) is 113 Å². The van der Waals surface area contributed by atoms with Crippen molar-refractivity contribution in [2.75, 3.05) is 5.73 Å². The highest BCUT2D eigenvalue weighted by molar-refractivity contribution is 6.00. The number of halogens is 1. The van der Waals surface area contributed by atoms with E-state index in [1.165, 1.54) is 23.0 Å². The molecular weight excluding hydrogens is 521 g/mol. The van der Waals surface area contributed by atoms with E-state index in [2.05, 4.69) is 9.97 Å². The Morgan fingerprint density at radius 2 is 1.73 bits per heavy atom. The fraction of sp³-hybridized carbons (Fsp3) is 0.0645. The summed E-state index contributed by atoms with van der Waals surface area (Å²) in [4.78, 5) is 27.2. The quantitative estimate of drug-likeness (QED) is 0.315. The number of nitrogens with two attached hydrogens (primary N) is 1. The fourth-order valence-corrected chi connectivity index (χ4v) is 5.26. The summed E-state index contributed by atoms with van der Waals surface area (Å²) in [6.07, 6.45) is 1.36. The molecule has 3 aromatic heterocycles. The number of hydrogen-bond donors (Lipinski definition) is 2. The smallest absolute Gasteiger partial charge is 0.269 e. The molecule has 0 atom stereocenters. The van der Waals surface area contributed by atoms with Crippen molar-refractivity contribution in [1.82, 2.24) is 29.3 Å². The van der Waals surface area contributed by atoms with Gasteiger partial charge in [-0.1, -0.05) is 42.5 Å². The molecule has 3 N–H and O–H groups in total. The standard InChI is InChI=1S/C31H22FN7O2/c1-17-5-2-3-8-24(17)39-25(36-23-7-4-6-22(32)26(23)31(39)41)15-38-30-27(29(33)34-16-35-30)28(37-38)20-10-9-19-14-21(40)12-11-18(19)13-20/h2-14,16,40H,15H2,1H3,(H2,33,34,35). The number of nitrogens with zero attached hydrogens (tertiary/aromatic N) is 6. The summed E-state index contributed by atoms with van der Waals surface area (Å²) in [7, 11) is 0. The van der Waals surface area contributed by atoms with Crippen LogP contribution in [0.25, 0.3) is 49.7 Å². The summed E-state index contributed by atoms with van der Waals surface area (Å²) in [5.41, 5.74) is 9.29. The molecule has 200 valence electrons. The van der Waals surface area contributed by atoms with Gasteiger partial charge in [-0.15, -0.1) is 0 Å². The van der Waals surface area contributed by atoms with Crippen molar-refractivity contribution in [2.45, 2.75) is 13.5 Å². The molecule has 0 fully saturated rings. The number of fused-ring (bicyclic) bond motifs is 3. The first kappa shape index (κ1) is 24.4. The number of nitrogen functional groups attached to an aromatic ring is 1. The number of phenols is 1. The predicted molar refractivity (Wildman–Crippen MR) is 155 cm³/mol. The first-order valence-corrected chi connectivity index (χ1v) is 12.9. The van der Waals surface area contributed by atoms with Crippen molar-refractivity contribution in [3.63, 3.8) is 0 Å². The Kier molecular flexibility index (Phi) is 5.49. The van der Waals surface area contributed by atoms with Crippen LogP contribution in [-0.4, -0.2) is 34.4 Å². The number of aryl methyl sites for hydroxylation is 1. The first-order valence-electron chi connectivity index (χ1n) is 12.9. The maximum absolute atomic E-state index is 14.9. The molecule has 7 aromatic rings. The minimum absolute atomic E-state index is 0.0461. The first-order chi connectivity index (χ1) is 19.9. The zero-order chi connectivity index (χ0) is 28.2. The van der Waals surface area contributed by atoms with E-state index in [9.17, 15) is 14.3 Å². The Balaban J connectivity index is 1.46. The predicted octanol–water partition coefficient (Wildman–Crippen LogP) is 5.13. The van der Waals surface area contributed by atoms with Gasteiger partial charge in [0, 0.05) is 5.56 Å². The maximum atomic E-state index is 14.9. The van der Waals surface area contributed by atoms with Gasteiger partial charge in [0.05, 0.1) is 16.6 Å². The zero-order valence-corrected chi connectivity index (χ0v) is 21.8. The Morgan fingerprint density at radius 1 is 0.927 bits per heavy atom. The lowest BCUT2D eigenvalue weighted by Gasteiger charge is -2.16. The van der Waals surface area contributed by atoms with Crippen LogP contribution in [0.4, 0.5) is 10.2 Å². The molecule has 0 saturated carbocycles. The highest BCUT2D eigenvalue weighted by Crippen LogP contribution is 2.33. The minimum Gasteiger partial charge on any atom is -0.508 e. The number of hydrogen-bond acceptors (Lipinski definition) is 7. The molecule has 9 nitrogen and oxygen atoms in total. The fourth-order valence-electron chi connectivity index (χ4n) is 5.26. The Labute approximate surface area is 232 Å². The van der Waals surface area contributed by atoms with Gasteiger partial charge in [-0.2, -0.15) is 5.10 Å². The second kappa shape index (κ2) is 9.23. The van der Waals surface area contributed by atoms with E-state index in [1.54, 1.807) is 28.9 Å². The summed E-state index contributed by atoms with van der Waals surface area (Å²) in [6, 6.07) is 22.6. The third-order valence-electron chi connectivity index (χ3n) is 7.22. The lowest BCUT2D eigenvalue weighted by molar-refractivity contribution is 0.476. The van der Waals surface area contributed by atoms with Gasteiger partial charge in [0.1, 0.15) is 47.2 Å². The average molecular weight is 544 g/mol. The normalized spacial score (nSPS) is 11.6. The topological polar surface area (TPSA) is 125 Å². The summed E-state index contributed by atoms with van der Waals surface area (Å²) < 4.78 is 17.9. The van der Waals surface area contributed by atoms with E-state index in [1.807, 2.05) is 49.4 Å². The molecule has 41 heavy (non-hydrogen) atoms. The van der Waals surface area contributed by atoms with Crippen LogP contribution in [0.15, 0.2) is 90.0 Å². The zero-order valence-electron chi connectivity index (χ0n) is 21.8. The molecule has 0 aliphatic heterocycles. The van der Waals surface area contributed by atoms with Crippen LogP contribution in [0.5, 0.6) is 5.75 Å². The molecule has 0 bridgehead atoms. The molecule has 0 unspecified atom stereocenters. The molecule has 3 heterocycles. The Morgan fingerprint density at radius 3 is 2.59 bits per heavy atom. The second-order valence-corrected chi connectivity index (χ2v) is 9.80. The van der Waals surface area contributed by atoms with E-state index in [0.717, 1.165) is 21.9 Å².